The normalized spacial score (nSPS) is 15.0. The molecule has 1 aromatic carbocycles. The number of hydrogen-bond acceptors (Lipinski definition) is 7. The Bertz CT molecular complexity index is 873. The van der Waals surface area contributed by atoms with Gasteiger partial charge < -0.3 is 5.11 Å². The maximum absolute atomic E-state index is 14.5. The van der Waals surface area contributed by atoms with E-state index in [0.717, 1.165) is 18.0 Å². The van der Waals surface area contributed by atoms with E-state index in [0.29, 0.717) is 10.8 Å². The summed E-state index contributed by atoms with van der Waals surface area (Å²) in [7, 11) is 0. The lowest BCUT2D eigenvalue weighted by Crippen LogP contribution is -2.41. The minimum absolute atomic E-state index is 0.00497. The van der Waals surface area contributed by atoms with Gasteiger partial charge in [0.25, 0.3) is 0 Å². The molecule has 0 radical (unpaired) electrons. The van der Waals surface area contributed by atoms with Crippen LogP contribution in [0.1, 0.15) is 25.2 Å². The molecule has 2 aromatic heterocycles. The molecule has 0 aliphatic heterocycles. The maximum atomic E-state index is 14.5. The molecule has 0 fully saturated rings. The van der Waals surface area contributed by atoms with E-state index in [1.54, 1.807) is 6.92 Å². The van der Waals surface area contributed by atoms with E-state index >= 15 is 0 Å². The average Bonchev–Trinajstić information content (AvgIpc) is 3.26. The van der Waals surface area contributed by atoms with E-state index in [9.17, 15) is 13.9 Å². The summed E-state index contributed by atoms with van der Waals surface area (Å²) in [5.41, 5.74) is -1.66. The van der Waals surface area contributed by atoms with Gasteiger partial charge in [-0.3, -0.25) is 0 Å². The standard InChI is InChI=1S/C16H17F2N5OS2/c1-3-14-21-15(26-22-14)25-10(2)16(24,7-23-9-19-8-20-23)12-5-4-11(17)6-13(12)18/h4-6,8-10,24H,3,7H2,1-2H3/t10-,16-/m1/s1. The summed E-state index contributed by atoms with van der Waals surface area (Å²) in [6.07, 6.45) is 3.47. The van der Waals surface area contributed by atoms with Crippen LogP contribution in [0.2, 0.25) is 0 Å². The molecule has 0 saturated carbocycles. The van der Waals surface area contributed by atoms with Crippen LogP contribution in [0, 0.1) is 11.6 Å². The molecule has 0 bridgehead atoms. The number of halogens is 2. The van der Waals surface area contributed by atoms with Crippen molar-refractivity contribution >= 4 is 23.3 Å². The third-order valence-electron chi connectivity index (χ3n) is 3.98. The molecule has 10 heteroatoms. The van der Waals surface area contributed by atoms with E-state index in [1.807, 2.05) is 6.92 Å². The zero-order valence-electron chi connectivity index (χ0n) is 14.1. The lowest BCUT2D eigenvalue weighted by atomic mass is 9.90. The van der Waals surface area contributed by atoms with Crippen LogP contribution in [0.15, 0.2) is 35.2 Å². The first-order chi connectivity index (χ1) is 12.4. The van der Waals surface area contributed by atoms with Gasteiger partial charge in [0.05, 0.1) is 6.54 Å². The molecule has 26 heavy (non-hydrogen) atoms. The van der Waals surface area contributed by atoms with Gasteiger partial charge in [-0.1, -0.05) is 24.8 Å². The lowest BCUT2D eigenvalue weighted by molar-refractivity contribution is 0.0133. The summed E-state index contributed by atoms with van der Waals surface area (Å²) in [6.45, 7) is 3.68. The van der Waals surface area contributed by atoms with Gasteiger partial charge >= 0.3 is 0 Å². The third kappa shape index (κ3) is 3.92. The smallest absolute Gasteiger partial charge is 0.170 e. The summed E-state index contributed by atoms with van der Waals surface area (Å²) in [5.74, 6) is -0.796. The Morgan fingerprint density at radius 3 is 2.81 bits per heavy atom. The molecule has 6 nitrogen and oxygen atoms in total. The van der Waals surface area contributed by atoms with Gasteiger partial charge in [0.15, 0.2) is 4.34 Å². The van der Waals surface area contributed by atoms with Gasteiger partial charge in [0.1, 0.15) is 35.7 Å². The second-order valence-corrected chi connectivity index (χ2v) is 8.07. The fraction of sp³-hybridized carbons (Fsp3) is 0.375. The molecule has 0 amide bonds. The number of rotatable bonds is 7. The number of nitrogens with zero attached hydrogens (tertiary/aromatic N) is 5. The molecule has 3 rings (SSSR count). The van der Waals surface area contributed by atoms with Crippen LogP contribution in [0.25, 0.3) is 0 Å². The molecule has 0 saturated heterocycles. The fourth-order valence-corrected chi connectivity index (χ4v) is 4.59. The molecule has 3 aromatic rings. The summed E-state index contributed by atoms with van der Waals surface area (Å²) in [4.78, 5) is 8.23. The van der Waals surface area contributed by atoms with Gasteiger partial charge in [0.2, 0.25) is 0 Å². The third-order valence-corrected chi connectivity index (χ3v) is 6.08. The first-order valence-electron chi connectivity index (χ1n) is 7.92. The van der Waals surface area contributed by atoms with Gasteiger partial charge in [-0.05, 0) is 24.5 Å². The van der Waals surface area contributed by atoms with Gasteiger partial charge in [-0.25, -0.2) is 23.4 Å². The predicted molar refractivity (Wildman–Crippen MR) is 94.9 cm³/mol. The molecule has 2 atom stereocenters. The molecule has 0 unspecified atom stereocenters. The number of aromatic nitrogens is 5. The van der Waals surface area contributed by atoms with Crippen molar-refractivity contribution in [3.05, 3.63) is 53.9 Å². The highest BCUT2D eigenvalue weighted by molar-refractivity contribution is 8.01. The molecule has 0 aliphatic carbocycles. The summed E-state index contributed by atoms with van der Waals surface area (Å²) < 4.78 is 34.1. The van der Waals surface area contributed by atoms with E-state index in [1.165, 1.54) is 46.7 Å². The Morgan fingerprint density at radius 2 is 2.19 bits per heavy atom. The van der Waals surface area contributed by atoms with Gasteiger partial charge in [-0.2, -0.15) is 9.47 Å². The number of benzene rings is 1. The van der Waals surface area contributed by atoms with Crippen molar-refractivity contribution in [2.45, 2.75) is 42.0 Å². The highest BCUT2D eigenvalue weighted by Crippen LogP contribution is 2.39. The molecule has 2 heterocycles. The average molecular weight is 397 g/mol. The van der Waals surface area contributed by atoms with Crippen LogP contribution in [0.3, 0.4) is 0 Å². The molecule has 0 spiro atoms. The van der Waals surface area contributed by atoms with Gasteiger partial charge in [0, 0.05) is 23.3 Å². The van der Waals surface area contributed by atoms with Gasteiger partial charge in [-0.15, -0.1) is 0 Å². The summed E-state index contributed by atoms with van der Waals surface area (Å²) in [5, 5.41) is 14.9. The summed E-state index contributed by atoms with van der Waals surface area (Å²) in [6, 6.07) is 3.15. The van der Waals surface area contributed by atoms with Crippen LogP contribution >= 0.6 is 23.3 Å². The first kappa shape index (κ1) is 18.9. The Labute approximate surface area is 157 Å². The minimum atomic E-state index is -1.66. The second-order valence-electron chi connectivity index (χ2n) is 5.73. The van der Waals surface area contributed by atoms with Crippen molar-refractivity contribution in [2.24, 2.45) is 0 Å². The number of hydrogen-bond donors (Lipinski definition) is 1. The van der Waals surface area contributed by atoms with Crippen LogP contribution in [-0.4, -0.2) is 34.5 Å². The monoisotopic (exact) mass is 397 g/mol. The van der Waals surface area contributed by atoms with E-state index < -0.39 is 22.5 Å². The predicted octanol–water partition coefficient (Wildman–Crippen LogP) is 3.04. The largest absolute Gasteiger partial charge is 0.382 e. The maximum Gasteiger partial charge on any atom is 0.170 e. The van der Waals surface area contributed by atoms with Crippen molar-refractivity contribution in [3.8, 4) is 0 Å². The van der Waals surface area contributed by atoms with E-state index in [2.05, 4.69) is 19.4 Å². The number of aliphatic hydroxyl groups is 1. The van der Waals surface area contributed by atoms with Crippen LogP contribution in [0.5, 0.6) is 0 Å². The Morgan fingerprint density at radius 1 is 1.38 bits per heavy atom. The highest BCUT2D eigenvalue weighted by atomic mass is 32.2. The second kappa shape index (κ2) is 7.77. The fourth-order valence-electron chi connectivity index (χ4n) is 2.51. The van der Waals surface area contributed by atoms with Crippen molar-refractivity contribution in [3.63, 3.8) is 0 Å². The number of thioether (sulfide) groups is 1. The topological polar surface area (TPSA) is 76.7 Å². The zero-order chi connectivity index (χ0) is 18.7. The van der Waals surface area contributed by atoms with Crippen molar-refractivity contribution in [1.82, 2.24) is 24.1 Å². The minimum Gasteiger partial charge on any atom is -0.382 e. The Kier molecular flexibility index (Phi) is 5.64. The Hall–Kier alpha value is -1.91. The van der Waals surface area contributed by atoms with Crippen LogP contribution in [0.4, 0.5) is 8.78 Å². The van der Waals surface area contributed by atoms with Crippen LogP contribution < -0.4 is 0 Å². The molecule has 1 N–H and O–H groups in total. The molecular weight excluding hydrogens is 380 g/mol. The van der Waals surface area contributed by atoms with E-state index in [4.69, 9.17) is 0 Å². The molecule has 138 valence electrons. The van der Waals surface area contributed by atoms with Crippen molar-refractivity contribution < 1.29 is 13.9 Å². The first-order valence-corrected chi connectivity index (χ1v) is 9.57. The highest BCUT2D eigenvalue weighted by Gasteiger charge is 2.40. The van der Waals surface area contributed by atoms with Crippen molar-refractivity contribution in [1.29, 1.82) is 0 Å². The number of aryl methyl sites for hydroxylation is 1. The summed E-state index contributed by atoms with van der Waals surface area (Å²) >= 11 is 2.52. The zero-order valence-corrected chi connectivity index (χ0v) is 15.8. The van der Waals surface area contributed by atoms with Crippen molar-refractivity contribution in [2.75, 3.05) is 0 Å². The Balaban J connectivity index is 1.95. The quantitative estimate of drug-likeness (QED) is 0.618. The lowest BCUT2D eigenvalue weighted by Gasteiger charge is -2.33. The molecule has 0 aliphatic rings. The van der Waals surface area contributed by atoms with E-state index in [-0.39, 0.29) is 12.1 Å². The molecular formula is C16H17F2N5OS2. The SMILES string of the molecule is CCc1nsc(S[C@H](C)[C@](O)(Cn2cncn2)c2ccc(F)cc2F)n1. The van der Waals surface area contributed by atoms with Crippen LogP contribution in [-0.2, 0) is 18.6 Å².